The fourth-order valence-electron chi connectivity index (χ4n) is 4.15. The third-order valence-corrected chi connectivity index (χ3v) is 7.46. The van der Waals surface area contributed by atoms with E-state index in [1.165, 1.54) is 11.3 Å². The number of aromatic nitrogens is 3. The molecule has 0 fully saturated rings. The minimum atomic E-state index is -3.57. The smallest absolute Gasteiger partial charge is 0.240 e. The van der Waals surface area contributed by atoms with Crippen LogP contribution in [0.4, 0.5) is 0 Å². The Morgan fingerprint density at radius 1 is 1.03 bits per heavy atom. The van der Waals surface area contributed by atoms with Crippen LogP contribution in [0.3, 0.4) is 0 Å². The van der Waals surface area contributed by atoms with Crippen molar-refractivity contribution in [3.63, 3.8) is 0 Å². The van der Waals surface area contributed by atoms with Gasteiger partial charge in [0, 0.05) is 24.0 Å². The van der Waals surface area contributed by atoms with Gasteiger partial charge >= 0.3 is 0 Å². The molecule has 7 heteroatoms. The van der Waals surface area contributed by atoms with E-state index in [2.05, 4.69) is 9.71 Å². The van der Waals surface area contributed by atoms with E-state index >= 15 is 0 Å². The van der Waals surface area contributed by atoms with Gasteiger partial charge in [-0.3, -0.25) is 9.67 Å². The molecule has 0 radical (unpaired) electrons. The molecule has 6 nitrogen and oxygen atoms in total. The van der Waals surface area contributed by atoms with Crippen LogP contribution >= 0.6 is 0 Å². The fourth-order valence-corrected chi connectivity index (χ4v) is 5.48. The summed E-state index contributed by atoms with van der Waals surface area (Å²) >= 11 is 0. The number of rotatable bonds is 6. The maximum absolute atomic E-state index is 12.9. The summed E-state index contributed by atoms with van der Waals surface area (Å²) < 4.78 is 30.5. The summed E-state index contributed by atoms with van der Waals surface area (Å²) in [6.07, 6.45) is 6.03. The molecule has 0 aliphatic heterocycles. The monoisotopic (exact) mass is 424 g/mol. The van der Waals surface area contributed by atoms with Crippen molar-refractivity contribution < 1.29 is 8.42 Å². The van der Waals surface area contributed by atoms with Gasteiger partial charge in [0.15, 0.2) is 0 Å². The summed E-state index contributed by atoms with van der Waals surface area (Å²) in [7, 11) is -3.57. The van der Waals surface area contributed by atoms with E-state index in [0.29, 0.717) is 18.0 Å². The highest BCUT2D eigenvalue weighted by Crippen LogP contribution is 2.30. The number of hydrogen-bond donors (Lipinski definition) is 1. The number of aryl methyl sites for hydroxylation is 3. The van der Waals surface area contributed by atoms with Crippen LogP contribution in [-0.2, 0) is 29.4 Å². The van der Waals surface area contributed by atoms with E-state index in [1.54, 1.807) is 12.3 Å². The Hall–Kier alpha value is -2.51. The number of hydrogen-bond acceptors (Lipinski definition) is 4. The summed E-state index contributed by atoms with van der Waals surface area (Å²) in [6, 6.07) is 9.52. The predicted molar refractivity (Wildman–Crippen MR) is 118 cm³/mol. The third kappa shape index (κ3) is 4.04. The highest BCUT2D eigenvalue weighted by Gasteiger charge is 2.23. The van der Waals surface area contributed by atoms with Gasteiger partial charge in [-0.25, -0.2) is 13.1 Å². The van der Waals surface area contributed by atoms with Crippen LogP contribution in [0, 0.1) is 20.8 Å². The molecule has 4 rings (SSSR count). The molecule has 0 atom stereocenters. The van der Waals surface area contributed by atoms with Gasteiger partial charge in [0.25, 0.3) is 0 Å². The lowest BCUT2D eigenvalue weighted by molar-refractivity contribution is 0.538. The van der Waals surface area contributed by atoms with Gasteiger partial charge < -0.3 is 0 Å². The third-order valence-electron chi connectivity index (χ3n) is 5.86. The maximum atomic E-state index is 12.9. The lowest BCUT2D eigenvalue weighted by Crippen LogP contribution is -2.29. The Kier molecular flexibility index (Phi) is 5.75. The van der Waals surface area contributed by atoms with Crippen molar-refractivity contribution in [3.8, 4) is 11.4 Å². The molecule has 1 aliphatic carbocycles. The van der Waals surface area contributed by atoms with Crippen LogP contribution in [0.2, 0.25) is 0 Å². The van der Waals surface area contributed by atoms with Crippen molar-refractivity contribution in [2.75, 3.05) is 6.54 Å². The van der Waals surface area contributed by atoms with Crippen LogP contribution in [0.5, 0.6) is 0 Å². The molecule has 0 unspecified atom stereocenters. The number of fused-ring (bicyclic) bond motifs is 1. The second-order valence-electron chi connectivity index (χ2n) is 8.02. The van der Waals surface area contributed by atoms with Crippen LogP contribution < -0.4 is 4.72 Å². The normalized spacial score (nSPS) is 14.0. The van der Waals surface area contributed by atoms with Crippen LogP contribution in [0.15, 0.2) is 41.4 Å². The molecule has 30 heavy (non-hydrogen) atoms. The van der Waals surface area contributed by atoms with E-state index in [1.807, 2.05) is 49.7 Å². The zero-order chi connectivity index (χ0) is 21.3. The van der Waals surface area contributed by atoms with Crippen LogP contribution in [0.25, 0.3) is 11.4 Å². The lowest BCUT2D eigenvalue weighted by atomic mass is 9.95. The maximum Gasteiger partial charge on any atom is 0.240 e. The average Bonchev–Trinajstić information content (AvgIpc) is 3.10. The molecule has 0 bridgehead atoms. The Labute approximate surface area is 178 Å². The van der Waals surface area contributed by atoms with Crippen molar-refractivity contribution in [1.82, 2.24) is 19.5 Å². The highest BCUT2D eigenvalue weighted by atomic mass is 32.2. The SMILES string of the molecule is Cc1cc(C)c(S(=O)(=O)NCCn2nc(-c3ccccn3)c3c2CCCC3)cc1C. The van der Waals surface area contributed by atoms with Gasteiger partial charge in [-0.05, 0) is 81.3 Å². The minimum Gasteiger partial charge on any atom is -0.267 e. The summed E-state index contributed by atoms with van der Waals surface area (Å²) in [5, 5.41) is 4.82. The zero-order valence-corrected chi connectivity index (χ0v) is 18.6. The molecule has 0 saturated carbocycles. The Morgan fingerprint density at radius 2 is 1.80 bits per heavy atom. The van der Waals surface area contributed by atoms with Gasteiger partial charge in [-0.1, -0.05) is 12.1 Å². The first-order chi connectivity index (χ1) is 14.4. The van der Waals surface area contributed by atoms with Crippen LogP contribution in [-0.4, -0.2) is 29.7 Å². The van der Waals surface area contributed by atoms with Gasteiger partial charge in [-0.15, -0.1) is 0 Å². The molecule has 3 aromatic rings. The van der Waals surface area contributed by atoms with Gasteiger partial charge in [-0.2, -0.15) is 5.10 Å². The predicted octanol–water partition coefficient (Wildman–Crippen LogP) is 3.73. The van der Waals surface area contributed by atoms with E-state index < -0.39 is 10.0 Å². The average molecular weight is 425 g/mol. The number of nitrogens with one attached hydrogen (secondary N) is 1. The highest BCUT2D eigenvalue weighted by molar-refractivity contribution is 7.89. The van der Waals surface area contributed by atoms with E-state index in [4.69, 9.17) is 5.10 Å². The molecule has 2 heterocycles. The molecule has 0 spiro atoms. The number of sulfonamides is 1. The summed E-state index contributed by atoms with van der Waals surface area (Å²) in [5.74, 6) is 0. The number of nitrogens with zero attached hydrogens (tertiary/aromatic N) is 3. The summed E-state index contributed by atoms with van der Waals surface area (Å²) in [4.78, 5) is 4.82. The zero-order valence-electron chi connectivity index (χ0n) is 17.8. The van der Waals surface area contributed by atoms with Gasteiger partial charge in [0.1, 0.15) is 5.69 Å². The Balaban J connectivity index is 1.55. The van der Waals surface area contributed by atoms with Crippen molar-refractivity contribution in [2.45, 2.75) is 57.9 Å². The minimum absolute atomic E-state index is 0.296. The largest absolute Gasteiger partial charge is 0.267 e. The van der Waals surface area contributed by atoms with Crippen molar-refractivity contribution >= 4 is 10.0 Å². The van der Waals surface area contributed by atoms with Gasteiger partial charge in [0.05, 0.1) is 17.1 Å². The fraction of sp³-hybridized carbons (Fsp3) is 0.391. The molecular weight excluding hydrogens is 396 g/mol. The summed E-state index contributed by atoms with van der Waals surface area (Å²) in [5.41, 5.74) is 7.11. The first kappa shape index (κ1) is 20.8. The topological polar surface area (TPSA) is 76.9 Å². The Morgan fingerprint density at radius 3 is 2.57 bits per heavy atom. The van der Waals surface area contributed by atoms with Crippen LogP contribution in [0.1, 0.15) is 40.8 Å². The van der Waals surface area contributed by atoms with E-state index in [9.17, 15) is 8.42 Å². The molecule has 158 valence electrons. The van der Waals surface area contributed by atoms with Crippen molar-refractivity contribution in [3.05, 3.63) is 64.5 Å². The Bertz CT molecular complexity index is 1170. The number of benzene rings is 1. The molecule has 1 aromatic carbocycles. The molecule has 1 aliphatic rings. The lowest BCUT2D eigenvalue weighted by Gasteiger charge is -2.15. The standard InChI is InChI=1S/C23H28N4O2S/c1-16-14-18(3)22(15-17(16)2)30(28,29)25-12-13-27-21-10-5-4-8-19(21)23(26-27)20-9-6-7-11-24-20/h6-7,9,11,14-15,25H,4-5,8,10,12-13H2,1-3H3. The van der Waals surface area contributed by atoms with Gasteiger partial charge in [0.2, 0.25) is 10.0 Å². The second-order valence-corrected chi connectivity index (χ2v) is 9.75. The molecule has 0 saturated heterocycles. The molecule has 1 N–H and O–H groups in total. The first-order valence-corrected chi connectivity index (χ1v) is 11.9. The number of pyridine rings is 1. The summed E-state index contributed by atoms with van der Waals surface area (Å²) in [6.45, 7) is 6.56. The van der Waals surface area contributed by atoms with E-state index in [-0.39, 0.29) is 0 Å². The molecule has 2 aromatic heterocycles. The van der Waals surface area contributed by atoms with Crippen molar-refractivity contribution in [2.24, 2.45) is 0 Å². The first-order valence-electron chi connectivity index (χ1n) is 10.4. The molecular formula is C23H28N4O2S. The van der Waals surface area contributed by atoms with Crippen molar-refractivity contribution in [1.29, 1.82) is 0 Å². The quantitative estimate of drug-likeness (QED) is 0.654. The van der Waals surface area contributed by atoms with E-state index in [0.717, 1.165) is 53.8 Å². The second kappa shape index (κ2) is 8.32. The molecule has 0 amide bonds.